The smallest absolute Gasteiger partial charge is 0.244 e. The monoisotopic (exact) mass is 286 g/mol. The van der Waals surface area contributed by atoms with Gasteiger partial charge in [0, 0.05) is 32.4 Å². The highest BCUT2D eigenvalue weighted by Gasteiger charge is 2.21. The Kier molecular flexibility index (Phi) is 4.75. The molecular weight excluding hydrogens is 264 g/mol. The maximum Gasteiger partial charge on any atom is 0.244 e. The van der Waals surface area contributed by atoms with Crippen LogP contribution in [-0.4, -0.2) is 27.6 Å². The van der Waals surface area contributed by atoms with E-state index in [9.17, 15) is 4.79 Å². The molecule has 5 heteroatoms. The van der Waals surface area contributed by atoms with Crippen molar-refractivity contribution in [3.05, 3.63) is 53.3 Å². The van der Waals surface area contributed by atoms with Crippen molar-refractivity contribution in [3.63, 3.8) is 0 Å². The SMILES string of the molecule is CCc1ccc(CN(C)C(=O)C(N)c2cnn(C)c2)cc1. The molecule has 2 rings (SSSR count). The van der Waals surface area contributed by atoms with Gasteiger partial charge in [-0.05, 0) is 17.5 Å². The van der Waals surface area contributed by atoms with Crippen LogP contribution < -0.4 is 5.73 Å². The molecule has 0 aliphatic carbocycles. The highest BCUT2D eigenvalue weighted by atomic mass is 16.2. The van der Waals surface area contributed by atoms with Crippen LogP contribution in [0.15, 0.2) is 36.7 Å². The first-order chi connectivity index (χ1) is 10.0. The summed E-state index contributed by atoms with van der Waals surface area (Å²) in [6.45, 7) is 2.67. The van der Waals surface area contributed by atoms with Gasteiger partial charge in [-0.25, -0.2) is 0 Å². The summed E-state index contributed by atoms with van der Waals surface area (Å²) < 4.78 is 1.64. The van der Waals surface area contributed by atoms with Gasteiger partial charge in [0.1, 0.15) is 6.04 Å². The van der Waals surface area contributed by atoms with Crippen molar-refractivity contribution < 1.29 is 4.79 Å². The minimum Gasteiger partial charge on any atom is -0.340 e. The Hall–Kier alpha value is -2.14. The largest absolute Gasteiger partial charge is 0.340 e. The lowest BCUT2D eigenvalue weighted by Gasteiger charge is -2.21. The molecule has 1 aromatic heterocycles. The molecule has 0 spiro atoms. The Bertz CT molecular complexity index is 603. The fourth-order valence-electron chi connectivity index (χ4n) is 2.21. The van der Waals surface area contributed by atoms with Crippen molar-refractivity contribution in [2.75, 3.05) is 7.05 Å². The maximum absolute atomic E-state index is 12.3. The van der Waals surface area contributed by atoms with E-state index in [-0.39, 0.29) is 5.91 Å². The molecule has 0 aliphatic rings. The minimum absolute atomic E-state index is 0.109. The molecule has 21 heavy (non-hydrogen) atoms. The number of aromatic nitrogens is 2. The van der Waals surface area contributed by atoms with Gasteiger partial charge in [0.2, 0.25) is 5.91 Å². The molecule has 1 unspecified atom stereocenters. The van der Waals surface area contributed by atoms with Crippen molar-refractivity contribution in [1.82, 2.24) is 14.7 Å². The molecule has 5 nitrogen and oxygen atoms in total. The van der Waals surface area contributed by atoms with Gasteiger partial charge in [-0.3, -0.25) is 9.48 Å². The van der Waals surface area contributed by atoms with Gasteiger partial charge in [-0.15, -0.1) is 0 Å². The van der Waals surface area contributed by atoms with Crippen molar-refractivity contribution in [2.45, 2.75) is 25.9 Å². The Labute approximate surface area is 125 Å². The standard InChI is InChI=1S/C16H22N4O/c1-4-12-5-7-13(8-6-12)10-19(2)16(21)15(17)14-9-18-20(3)11-14/h5-9,11,15H,4,10,17H2,1-3H3. The molecule has 0 bridgehead atoms. The average molecular weight is 286 g/mol. The molecule has 0 saturated heterocycles. The van der Waals surface area contributed by atoms with Crippen molar-refractivity contribution >= 4 is 5.91 Å². The van der Waals surface area contributed by atoms with Crippen molar-refractivity contribution in [2.24, 2.45) is 12.8 Å². The number of benzene rings is 1. The minimum atomic E-state index is -0.668. The first kappa shape index (κ1) is 15.3. The normalized spacial score (nSPS) is 12.2. The summed E-state index contributed by atoms with van der Waals surface area (Å²) >= 11 is 0. The van der Waals surface area contributed by atoms with E-state index in [1.165, 1.54) is 5.56 Å². The van der Waals surface area contributed by atoms with Crippen LogP contribution in [0.25, 0.3) is 0 Å². The second-order valence-corrected chi connectivity index (χ2v) is 5.29. The molecule has 0 radical (unpaired) electrons. The lowest BCUT2D eigenvalue weighted by Crippen LogP contribution is -2.35. The fraction of sp³-hybridized carbons (Fsp3) is 0.375. The van der Waals surface area contributed by atoms with Crippen LogP contribution in [0.5, 0.6) is 0 Å². The Morgan fingerprint density at radius 1 is 1.33 bits per heavy atom. The highest BCUT2D eigenvalue weighted by molar-refractivity contribution is 5.82. The first-order valence-corrected chi connectivity index (χ1v) is 7.08. The molecule has 0 saturated carbocycles. The summed E-state index contributed by atoms with van der Waals surface area (Å²) in [5.41, 5.74) is 9.13. The number of hydrogen-bond donors (Lipinski definition) is 1. The lowest BCUT2D eigenvalue weighted by atomic mass is 10.1. The number of nitrogens with two attached hydrogens (primary N) is 1. The van der Waals surface area contributed by atoms with Crippen molar-refractivity contribution in [3.8, 4) is 0 Å². The van der Waals surface area contributed by atoms with E-state index in [4.69, 9.17) is 5.73 Å². The van der Waals surface area contributed by atoms with E-state index in [1.807, 2.05) is 0 Å². The predicted molar refractivity (Wildman–Crippen MR) is 82.4 cm³/mol. The second-order valence-electron chi connectivity index (χ2n) is 5.29. The van der Waals surface area contributed by atoms with E-state index in [0.717, 1.165) is 17.5 Å². The van der Waals surface area contributed by atoms with Crippen LogP contribution in [0.2, 0.25) is 0 Å². The molecule has 1 aromatic carbocycles. The predicted octanol–water partition coefficient (Wildman–Crippen LogP) is 1.64. The zero-order chi connectivity index (χ0) is 15.4. The van der Waals surface area contributed by atoms with Crippen LogP contribution >= 0.6 is 0 Å². The molecule has 1 atom stereocenters. The maximum atomic E-state index is 12.3. The molecule has 2 aromatic rings. The third-order valence-corrected chi connectivity index (χ3v) is 3.58. The number of rotatable bonds is 5. The number of aryl methyl sites for hydroxylation is 2. The van der Waals surface area contributed by atoms with Gasteiger partial charge in [0.05, 0.1) is 6.20 Å². The van der Waals surface area contributed by atoms with E-state index in [0.29, 0.717) is 6.54 Å². The van der Waals surface area contributed by atoms with Crippen LogP contribution in [0.4, 0.5) is 0 Å². The van der Waals surface area contributed by atoms with Gasteiger partial charge < -0.3 is 10.6 Å². The van der Waals surface area contributed by atoms with Crippen LogP contribution in [0.1, 0.15) is 29.7 Å². The Morgan fingerprint density at radius 3 is 2.48 bits per heavy atom. The number of hydrogen-bond acceptors (Lipinski definition) is 3. The van der Waals surface area contributed by atoms with Crippen LogP contribution in [-0.2, 0) is 24.8 Å². The van der Waals surface area contributed by atoms with Crippen molar-refractivity contribution in [1.29, 1.82) is 0 Å². The third kappa shape index (κ3) is 3.70. The van der Waals surface area contributed by atoms with E-state index in [2.05, 4.69) is 36.3 Å². The zero-order valence-electron chi connectivity index (χ0n) is 12.8. The molecular formula is C16H22N4O. The highest BCUT2D eigenvalue weighted by Crippen LogP contribution is 2.14. The summed E-state index contributed by atoms with van der Waals surface area (Å²) in [6, 6.07) is 7.62. The number of carbonyl (C=O) groups excluding carboxylic acids is 1. The van der Waals surface area contributed by atoms with Gasteiger partial charge in [-0.2, -0.15) is 5.10 Å². The van der Waals surface area contributed by atoms with Gasteiger partial charge in [0.25, 0.3) is 0 Å². The number of likely N-dealkylation sites (N-methyl/N-ethyl adjacent to an activating group) is 1. The topological polar surface area (TPSA) is 64.2 Å². The Morgan fingerprint density at radius 2 is 1.95 bits per heavy atom. The second kappa shape index (κ2) is 6.54. The molecule has 1 amide bonds. The molecule has 0 aliphatic heterocycles. The third-order valence-electron chi connectivity index (χ3n) is 3.58. The molecule has 0 fully saturated rings. The quantitative estimate of drug-likeness (QED) is 0.909. The van der Waals surface area contributed by atoms with Gasteiger partial charge in [-0.1, -0.05) is 31.2 Å². The van der Waals surface area contributed by atoms with E-state index >= 15 is 0 Å². The average Bonchev–Trinajstić information content (AvgIpc) is 2.93. The van der Waals surface area contributed by atoms with Crippen LogP contribution in [0.3, 0.4) is 0 Å². The number of amides is 1. The lowest BCUT2D eigenvalue weighted by molar-refractivity contribution is -0.131. The number of carbonyl (C=O) groups is 1. The zero-order valence-corrected chi connectivity index (χ0v) is 12.8. The van der Waals surface area contributed by atoms with E-state index < -0.39 is 6.04 Å². The van der Waals surface area contributed by atoms with E-state index in [1.54, 1.807) is 36.1 Å². The summed E-state index contributed by atoms with van der Waals surface area (Å²) in [5, 5.41) is 4.05. The molecule has 112 valence electrons. The Balaban J connectivity index is 2.01. The molecule has 2 N–H and O–H groups in total. The summed E-state index contributed by atoms with van der Waals surface area (Å²) in [6.07, 6.45) is 4.42. The summed E-state index contributed by atoms with van der Waals surface area (Å²) in [7, 11) is 3.58. The summed E-state index contributed by atoms with van der Waals surface area (Å²) in [5.74, 6) is -0.109. The van der Waals surface area contributed by atoms with Gasteiger partial charge >= 0.3 is 0 Å². The number of nitrogens with zero attached hydrogens (tertiary/aromatic N) is 3. The first-order valence-electron chi connectivity index (χ1n) is 7.08. The van der Waals surface area contributed by atoms with Crippen LogP contribution in [0, 0.1) is 0 Å². The fourth-order valence-corrected chi connectivity index (χ4v) is 2.21. The summed E-state index contributed by atoms with van der Waals surface area (Å²) in [4.78, 5) is 14.0. The van der Waals surface area contributed by atoms with Gasteiger partial charge in [0.15, 0.2) is 0 Å². The molecule has 1 heterocycles.